The van der Waals surface area contributed by atoms with E-state index in [9.17, 15) is 20.0 Å². The van der Waals surface area contributed by atoms with E-state index in [1.807, 2.05) is 51.9 Å². The lowest BCUT2D eigenvalue weighted by atomic mass is 10.2. The third-order valence-corrected chi connectivity index (χ3v) is 7.78. The zero-order chi connectivity index (χ0) is 28.8. The molecule has 1 heterocycles. The number of hydrogen-bond donors (Lipinski definition) is 5. The number of nitrogens with one attached hydrogen (secondary N) is 4. The highest BCUT2D eigenvalue weighted by Gasteiger charge is 2.26. The number of rotatable bonds is 17. The van der Waals surface area contributed by atoms with E-state index in [1.54, 1.807) is 12.1 Å². The van der Waals surface area contributed by atoms with Crippen LogP contribution in [0.3, 0.4) is 0 Å². The summed E-state index contributed by atoms with van der Waals surface area (Å²) in [7, 11) is 3.86. The second-order valence-corrected chi connectivity index (χ2v) is 12.0. The molecule has 1 saturated heterocycles. The first-order chi connectivity index (χ1) is 18.6. The lowest BCUT2D eigenvalue weighted by Crippen LogP contribution is -2.46. The molecular formula is C28H47N7O3S. The lowest BCUT2D eigenvalue weighted by Gasteiger charge is -2.27. The molecule has 39 heavy (non-hydrogen) atoms. The van der Waals surface area contributed by atoms with Crippen LogP contribution in [0.2, 0.25) is 0 Å². The van der Waals surface area contributed by atoms with Crippen molar-refractivity contribution >= 4 is 29.3 Å². The third kappa shape index (κ3) is 12.6. The summed E-state index contributed by atoms with van der Waals surface area (Å²) in [5.41, 5.74) is 1.42. The van der Waals surface area contributed by atoms with Crippen LogP contribution >= 0.6 is 11.8 Å². The van der Waals surface area contributed by atoms with Gasteiger partial charge in [0.1, 0.15) is 12.1 Å². The van der Waals surface area contributed by atoms with Crippen molar-refractivity contribution in [3.05, 3.63) is 29.8 Å². The summed E-state index contributed by atoms with van der Waals surface area (Å²) in [6, 6.07) is 9.35. The molecule has 11 heteroatoms. The minimum atomic E-state index is -0.835. The minimum Gasteiger partial charge on any atom is -0.384 e. The van der Waals surface area contributed by atoms with Crippen LogP contribution in [0.25, 0.3) is 0 Å². The number of likely N-dealkylation sites (tertiary alicyclic amines) is 1. The average molecular weight is 562 g/mol. The summed E-state index contributed by atoms with van der Waals surface area (Å²) >= 11 is 1.38. The number of carbonyl (C=O) groups is 2. The number of thioether (sulfide) groups is 1. The quantitative estimate of drug-likeness (QED) is 0.180. The topological polar surface area (TPSA) is 133 Å². The number of anilines is 1. The molecule has 0 bridgehead atoms. The van der Waals surface area contributed by atoms with Gasteiger partial charge in [-0.2, -0.15) is 17.0 Å². The summed E-state index contributed by atoms with van der Waals surface area (Å²) in [6.07, 6.45) is 1.63. The fourth-order valence-electron chi connectivity index (χ4n) is 4.43. The highest BCUT2D eigenvalue weighted by molar-refractivity contribution is 8.00. The van der Waals surface area contributed by atoms with E-state index in [0.717, 1.165) is 25.3 Å². The van der Waals surface area contributed by atoms with Gasteiger partial charge in [-0.05, 0) is 85.1 Å². The number of carbonyl (C=O) groups excluding carboxylic acids is 2. The van der Waals surface area contributed by atoms with Crippen LogP contribution in [0, 0.1) is 17.2 Å². The number of nitrogens with zero attached hydrogens (tertiary/aromatic N) is 3. The van der Waals surface area contributed by atoms with Crippen molar-refractivity contribution in [2.45, 2.75) is 57.2 Å². The maximum Gasteiger partial charge on any atom is 0.251 e. The lowest BCUT2D eigenvalue weighted by molar-refractivity contribution is -0.123. The molecule has 1 aliphatic heterocycles. The van der Waals surface area contributed by atoms with E-state index in [-0.39, 0.29) is 34.9 Å². The smallest absolute Gasteiger partial charge is 0.251 e. The van der Waals surface area contributed by atoms with E-state index in [0.29, 0.717) is 25.2 Å². The second-order valence-electron chi connectivity index (χ2n) is 10.8. The summed E-state index contributed by atoms with van der Waals surface area (Å²) in [4.78, 5) is 29.5. The van der Waals surface area contributed by atoms with Crippen LogP contribution in [0.5, 0.6) is 0 Å². The predicted molar refractivity (Wildman–Crippen MR) is 159 cm³/mol. The van der Waals surface area contributed by atoms with Crippen molar-refractivity contribution < 1.29 is 14.7 Å². The first-order valence-corrected chi connectivity index (χ1v) is 14.9. The molecule has 0 aliphatic carbocycles. The maximum atomic E-state index is 12.6. The van der Waals surface area contributed by atoms with Crippen LogP contribution in [0.1, 0.15) is 44.0 Å². The Morgan fingerprint density at radius 2 is 1.82 bits per heavy atom. The van der Waals surface area contributed by atoms with Gasteiger partial charge in [0.25, 0.3) is 5.91 Å². The Hall–Kier alpha value is -2.36. The molecule has 4 atom stereocenters. The van der Waals surface area contributed by atoms with Crippen molar-refractivity contribution in [2.75, 3.05) is 64.4 Å². The monoisotopic (exact) mass is 561 g/mol. The fraction of sp³-hybridized carbons (Fsp3) is 0.679. The van der Waals surface area contributed by atoms with E-state index < -0.39 is 12.1 Å². The molecule has 10 nitrogen and oxygen atoms in total. The molecule has 4 unspecified atom stereocenters. The van der Waals surface area contributed by atoms with E-state index >= 15 is 0 Å². The molecule has 218 valence electrons. The van der Waals surface area contributed by atoms with Gasteiger partial charge in [-0.25, -0.2) is 0 Å². The Labute approximate surface area is 238 Å². The summed E-state index contributed by atoms with van der Waals surface area (Å²) < 4.78 is 0. The normalized spacial score (nSPS) is 16.9. The molecule has 0 radical (unpaired) electrons. The van der Waals surface area contributed by atoms with Gasteiger partial charge in [-0.1, -0.05) is 0 Å². The molecule has 1 fully saturated rings. The van der Waals surface area contributed by atoms with Crippen molar-refractivity contribution in [3.63, 3.8) is 0 Å². The molecule has 0 spiro atoms. The standard InChI is InChI=1S/C28H47N7O3S/c1-20(2)32-28(38)25(39-19-23(16-29)27(37)33-21(3)18-34(4)5)17-31-24-10-8-22(9-11-24)26(36)30-12-15-35-13-6-7-14-35/h8-11,20-21,23,25,28,31-32,38H,6-7,12-15,17-19H2,1-5H3,(H,30,36)(H,33,37). The Bertz CT molecular complexity index is 917. The average Bonchev–Trinajstić information content (AvgIpc) is 3.39. The SMILES string of the molecule is CC(C)NC(O)C(CNc1ccc(C(=O)NCCN2CCCC2)cc1)SCC(C#N)C(=O)NC(C)CN(C)C. The van der Waals surface area contributed by atoms with E-state index in [2.05, 4.69) is 32.2 Å². The van der Waals surface area contributed by atoms with Crippen molar-refractivity contribution in [1.29, 1.82) is 5.26 Å². The van der Waals surface area contributed by atoms with Crippen LogP contribution in [-0.4, -0.2) is 109 Å². The van der Waals surface area contributed by atoms with Gasteiger partial charge < -0.3 is 30.9 Å². The molecule has 5 N–H and O–H groups in total. The zero-order valence-electron chi connectivity index (χ0n) is 24.1. The highest BCUT2D eigenvalue weighted by atomic mass is 32.2. The number of amides is 2. The molecule has 2 rings (SSSR count). The van der Waals surface area contributed by atoms with Crippen LogP contribution < -0.4 is 21.3 Å². The van der Waals surface area contributed by atoms with Crippen LogP contribution in [0.4, 0.5) is 5.69 Å². The molecule has 1 aliphatic rings. The van der Waals surface area contributed by atoms with Crippen LogP contribution in [0.15, 0.2) is 24.3 Å². The fourth-order valence-corrected chi connectivity index (χ4v) is 5.56. The second kappa shape index (κ2) is 17.4. The third-order valence-electron chi connectivity index (χ3n) is 6.40. The summed E-state index contributed by atoms with van der Waals surface area (Å²) in [5.74, 6) is -0.953. The van der Waals surface area contributed by atoms with Crippen molar-refractivity contribution in [3.8, 4) is 6.07 Å². The largest absolute Gasteiger partial charge is 0.384 e. The Balaban J connectivity index is 1.89. The Morgan fingerprint density at radius 1 is 1.15 bits per heavy atom. The van der Waals surface area contributed by atoms with Gasteiger partial charge in [-0.3, -0.25) is 14.9 Å². The minimum absolute atomic E-state index is 0.0633. The van der Waals surface area contributed by atoms with Gasteiger partial charge >= 0.3 is 0 Å². The summed E-state index contributed by atoms with van der Waals surface area (Å²) in [6.45, 7) is 10.6. The number of likely N-dealkylation sites (N-methyl/N-ethyl adjacent to an activating group) is 1. The van der Waals surface area contributed by atoms with Gasteiger partial charge in [0.15, 0.2) is 0 Å². The van der Waals surface area contributed by atoms with Gasteiger partial charge in [0.05, 0.1) is 11.3 Å². The highest BCUT2D eigenvalue weighted by Crippen LogP contribution is 2.20. The first-order valence-electron chi connectivity index (χ1n) is 13.8. The first kappa shape index (κ1) is 32.8. The molecule has 2 amide bonds. The molecule has 1 aromatic rings. The van der Waals surface area contributed by atoms with Crippen LogP contribution in [-0.2, 0) is 4.79 Å². The number of nitriles is 1. The molecular weight excluding hydrogens is 514 g/mol. The molecule has 1 aromatic carbocycles. The van der Waals surface area contributed by atoms with Gasteiger partial charge in [-0.15, -0.1) is 0 Å². The predicted octanol–water partition coefficient (Wildman–Crippen LogP) is 1.55. The van der Waals surface area contributed by atoms with Gasteiger partial charge in [0.2, 0.25) is 5.91 Å². The van der Waals surface area contributed by atoms with E-state index in [1.165, 1.54) is 24.6 Å². The number of benzene rings is 1. The van der Waals surface area contributed by atoms with Gasteiger partial charge in [0, 0.05) is 55.3 Å². The molecule has 0 saturated carbocycles. The van der Waals surface area contributed by atoms with Crippen molar-refractivity contribution in [1.82, 2.24) is 25.8 Å². The molecule has 0 aromatic heterocycles. The number of aliphatic hydroxyl groups is 1. The van der Waals surface area contributed by atoms with Crippen molar-refractivity contribution in [2.24, 2.45) is 5.92 Å². The Kier molecular flexibility index (Phi) is 14.6. The maximum absolute atomic E-state index is 12.6. The summed E-state index contributed by atoms with van der Waals surface area (Å²) in [5, 5.41) is 32.4. The zero-order valence-corrected chi connectivity index (χ0v) is 24.9. The number of hydrogen-bond acceptors (Lipinski definition) is 9. The number of aliphatic hydroxyl groups excluding tert-OH is 1. The Morgan fingerprint density at radius 3 is 2.41 bits per heavy atom. The van der Waals surface area contributed by atoms with E-state index in [4.69, 9.17) is 0 Å².